The van der Waals surface area contributed by atoms with Crippen molar-refractivity contribution in [3.05, 3.63) is 38.7 Å². The van der Waals surface area contributed by atoms with Gasteiger partial charge < -0.3 is 9.47 Å². The normalized spacial score (nSPS) is 14.7. The second-order valence-electron chi connectivity index (χ2n) is 5.85. The summed E-state index contributed by atoms with van der Waals surface area (Å²) in [5.41, 5.74) is 0.871. The van der Waals surface area contributed by atoms with Crippen LogP contribution in [0.15, 0.2) is 23.0 Å². The van der Waals surface area contributed by atoms with Crippen LogP contribution in [0, 0.1) is 0 Å². The zero-order valence-corrected chi connectivity index (χ0v) is 15.4. The molecule has 1 aromatic heterocycles. The van der Waals surface area contributed by atoms with E-state index in [0.29, 0.717) is 40.1 Å². The number of carbonyl (C=O) groups excluding carboxylic acids is 1. The minimum Gasteiger partial charge on any atom is -0.477 e. The van der Waals surface area contributed by atoms with Gasteiger partial charge in [0.2, 0.25) is 0 Å². The molecule has 25 heavy (non-hydrogen) atoms. The SMILES string of the molecule is COC(=O)C(C)Oc1cc(-c2c(Cl)n3n(c2=O)CCCC3)ccc1Cl. The predicted octanol–water partition coefficient (Wildman–Crippen LogP) is 3.36. The minimum absolute atomic E-state index is 0.140. The third kappa shape index (κ3) is 3.28. The molecule has 1 unspecified atom stereocenters. The van der Waals surface area contributed by atoms with Crippen LogP contribution < -0.4 is 10.3 Å². The molecule has 6 nitrogen and oxygen atoms in total. The maximum atomic E-state index is 12.7. The number of benzene rings is 1. The predicted molar refractivity (Wildman–Crippen MR) is 95.5 cm³/mol. The van der Waals surface area contributed by atoms with Crippen molar-refractivity contribution in [1.29, 1.82) is 0 Å². The third-order valence-corrected chi connectivity index (χ3v) is 4.92. The second-order valence-corrected chi connectivity index (χ2v) is 6.62. The second kappa shape index (κ2) is 7.14. The van der Waals surface area contributed by atoms with Crippen LogP contribution in [0.3, 0.4) is 0 Å². The number of rotatable bonds is 4. The van der Waals surface area contributed by atoms with Gasteiger partial charge in [0.15, 0.2) is 6.10 Å². The van der Waals surface area contributed by atoms with Gasteiger partial charge in [0, 0.05) is 13.1 Å². The zero-order valence-electron chi connectivity index (χ0n) is 13.9. The molecule has 0 radical (unpaired) electrons. The Labute approximate surface area is 154 Å². The van der Waals surface area contributed by atoms with Crippen LogP contribution in [-0.2, 0) is 22.6 Å². The summed E-state index contributed by atoms with van der Waals surface area (Å²) in [4.78, 5) is 24.3. The molecular formula is C17H18Cl2N2O4. The fourth-order valence-electron chi connectivity index (χ4n) is 2.92. The molecule has 134 valence electrons. The lowest BCUT2D eigenvalue weighted by Crippen LogP contribution is -2.27. The van der Waals surface area contributed by atoms with Gasteiger partial charge >= 0.3 is 5.97 Å². The van der Waals surface area contributed by atoms with E-state index in [0.717, 1.165) is 12.8 Å². The number of carbonyl (C=O) groups is 1. The average molecular weight is 385 g/mol. The van der Waals surface area contributed by atoms with E-state index in [1.807, 2.05) is 0 Å². The molecule has 1 aliphatic heterocycles. The maximum absolute atomic E-state index is 12.7. The van der Waals surface area contributed by atoms with Crippen molar-refractivity contribution in [2.45, 2.75) is 39.0 Å². The Hall–Kier alpha value is -1.92. The van der Waals surface area contributed by atoms with Crippen molar-refractivity contribution in [1.82, 2.24) is 9.36 Å². The molecular weight excluding hydrogens is 367 g/mol. The molecule has 0 fully saturated rings. The van der Waals surface area contributed by atoms with Gasteiger partial charge in [0.1, 0.15) is 10.9 Å². The van der Waals surface area contributed by atoms with Crippen molar-refractivity contribution in [2.24, 2.45) is 0 Å². The van der Waals surface area contributed by atoms with Gasteiger partial charge in [-0.2, -0.15) is 0 Å². The lowest BCUT2D eigenvalue weighted by molar-refractivity contribution is -0.147. The number of hydrogen-bond donors (Lipinski definition) is 0. The number of fused-ring (bicyclic) bond motifs is 1. The molecule has 3 rings (SSSR count). The fraction of sp³-hybridized carbons (Fsp3) is 0.412. The first-order valence-corrected chi connectivity index (χ1v) is 8.73. The van der Waals surface area contributed by atoms with Crippen LogP contribution in [0.5, 0.6) is 5.75 Å². The Balaban J connectivity index is 2.02. The summed E-state index contributed by atoms with van der Waals surface area (Å²) in [7, 11) is 1.28. The van der Waals surface area contributed by atoms with Crippen molar-refractivity contribution in [3.63, 3.8) is 0 Å². The molecule has 2 heterocycles. The van der Waals surface area contributed by atoms with Gasteiger partial charge in [-0.3, -0.25) is 9.48 Å². The van der Waals surface area contributed by atoms with E-state index in [4.69, 9.17) is 27.9 Å². The maximum Gasteiger partial charge on any atom is 0.346 e. The van der Waals surface area contributed by atoms with Crippen molar-refractivity contribution in [3.8, 4) is 16.9 Å². The highest BCUT2D eigenvalue weighted by atomic mass is 35.5. The summed E-state index contributed by atoms with van der Waals surface area (Å²) in [5, 5.41) is 0.735. The number of methoxy groups -OCH3 is 1. The van der Waals surface area contributed by atoms with E-state index in [-0.39, 0.29) is 5.56 Å². The molecule has 2 aromatic rings. The van der Waals surface area contributed by atoms with Crippen LogP contribution in [0.2, 0.25) is 10.2 Å². The molecule has 0 spiro atoms. The molecule has 1 aromatic carbocycles. The van der Waals surface area contributed by atoms with E-state index in [2.05, 4.69) is 4.74 Å². The van der Waals surface area contributed by atoms with Crippen molar-refractivity contribution >= 4 is 29.2 Å². The Morgan fingerprint density at radius 3 is 2.52 bits per heavy atom. The number of nitrogens with zero attached hydrogens (tertiary/aromatic N) is 2. The van der Waals surface area contributed by atoms with Crippen molar-refractivity contribution in [2.75, 3.05) is 7.11 Å². The summed E-state index contributed by atoms with van der Waals surface area (Å²) in [6.45, 7) is 2.92. The largest absolute Gasteiger partial charge is 0.477 e. The van der Waals surface area contributed by atoms with Crippen LogP contribution in [0.25, 0.3) is 11.1 Å². The standard InChI is InChI=1S/C17H18Cl2N2O4/c1-10(17(23)24-2)25-13-9-11(5-6-12(13)18)14-15(19)20-7-3-4-8-21(20)16(14)22/h5-6,9-10H,3-4,7-8H2,1-2H3. The third-order valence-electron chi connectivity index (χ3n) is 4.22. The first kappa shape index (κ1) is 17.9. The number of esters is 1. The molecule has 0 N–H and O–H groups in total. The number of ether oxygens (including phenoxy) is 2. The summed E-state index contributed by atoms with van der Waals surface area (Å²) in [6, 6.07) is 4.96. The van der Waals surface area contributed by atoms with Gasteiger partial charge in [-0.1, -0.05) is 29.3 Å². The minimum atomic E-state index is -0.823. The Morgan fingerprint density at radius 2 is 1.88 bits per heavy atom. The Kier molecular flexibility index (Phi) is 5.11. The molecule has 8 heteroatoms. The van der Waals surface area contributed by atoms with Gasteiger partial charge in [0.05, 0.1) is 17.7 Å². The van der Waals surface area contributed by atoms with Gasteiger partial charge in [0.25, 0.3) is 5.56 Å². The number of hydrogen-bond acceptors (Lipinski definition) is 4. The number of aromatic nitrogens is 2. The fourth-order valence-corrected chi connectivity index (χ4v) is 3.45. The van der Waals surface area contributed by atoms with Gasteiger partial charge in [-0.25, -0.2) is 9.48 Å². The summed E-state index contributed by atoms with van der Waals surface area (Å²) in [5.74, 6) is -0.222. The smallest absolute Gasteiger partial charge is 0.346 e. The quantitative estimate of drug-likeness (QED) is 0.758. The monoisotopic (exact) mass is 384 g/mol. The lowest BCUT2D eigenvalue weighted by atomic mass is 10.1. The van der Waals surface area contributed by atoms with Crippen LogP contribution in [-0.4, -0.2) is 28.5 Å². The van der Waals surface area contributed by atoms with Crippen LogP contribution in [0.4, 0.5) is 0 Å². The highest BCUT2D eigenvalue weighted by Crippen LogP contribution is 2.34. The molecule has 1 atom stereocenters. The molecule has 1 aliphatic rings. The molecule has 0 bridgehead atoms. The van der Waals surface area contributed by atoms with E-state index in [9.17, 15) is 9.59 Å². The van der Waals surface area contributed by atoms with E-state index in [1.165, 1.54) is 7.11 Å². The van der Waals surface area contributed by atoms with E-state index < -0.39 is 12.1 Å². The Morgan fingerprint density at radius 1 is 1.20 bits per heavy atom. The first-order chi connectivity index (χ1) is 11.9. The first-order valence-electron chi connectivity index (χ1n) is 7.97. The lowest BCUT2D eigenvalue weighted by Gasteiger charge is -2.17. The Bertz CT molecular complexity index is 872. The molecule has 0 aliphatic carbocycles. The topological polar surface area (TPSA) is 62.5 Å². The molecule has 0 amide bonds. The zero-order chi connectivity index (χ0) is 18.1. The number of halogens is 2. The summed E-state index contributed by atoms with van der Waals surface area (Å²) >= 11 is 12.6. The van der Waals surface area contributed by atoms with Gasteiger partial charge in [-0.15, -0.1) is 0 Å². The van der Waals surface area contributed by atoms with Crippen molar-refractivity contribution < 1.29 is 14.3 Å². The molecule has 0 saturated heterocycles. The highest BCUT2D eigenvalue weighted by Gasteiger charge is 2.23. The molecule has 0 saturated carbocycles. The highest BCUT2D eigenvalue weighted by molar-refractivity contribution is 6.33. The van der Waals surface area contributed by atoms with Gasteiger partial charge in [-0.05, 0) is 37.5 Å². The van der Waals surface area contributed by atoms with E-state index in [1.54, 1.807) is 34.5 Å². The summed E-state index contributed by atoms with van der Waals surface area (Å²) < 4.78 is 13.7. The average Bonchev–Trinajstić information content (AvgIpc) is 2.87. The van der Waals surface area contributed by atoms with E-state index >= 15 is 0 Å². The van der Waals surface area contributed by atoms with Crippen LogP contribution in [0.1, 0.15) is 19.8 Å². The van der Waals surface area contributed by atoms with Crippen LogP contribution >= 0.6 is 23.2 Å². The summed E-state index contributed by atoms with van der Waals surface area (Å²) in [6.07, 6.45) is 1.11.